The molecule has 15 heavy (non-hydrogen) atoms. The first-order valence-corrected chi connectivity index (χ1v) is 4.79. The van der Waals surface area contributed by atoms with E-state index < -0.39 is 0 Å². The Kier molecular flexibility index (Phi) is 4.47. The number of carbonyl (C=O) groups excluding carboxylic acids is 1. The van der Waals surface area contributed by atoms with E-state index in [0.717, 1.165) is 11.1 Å². The van der Waals surface area contributed by atoms with Crippen molar-refractivity contribution in [2.75, 3.05) is 6.61 Å². The zero-order valence-electron chi connectivity index (χ0n) is 8.60. The van der Waals surface area contributed by atoms with Crippen molar-refractivity contribution >= 4 is 5.97 Å². The summed E-state index contributed by atoms with van der Waals surface area (Å²) in [5.41, 5.74) is 1.58. The van der Waals surface area contributed by atoms with Gasteiger partial charge in [0, 0.05) is 0 Å². The minimum atomic E-state index is -0.282. The molecule has 0 N–H and O–H groups in total. The molecule has 4 nitrogen and oxygen atoms in total. The van der Waals surface area contributed by atoms with Gasteiger partial charge in [-0.25, -0.2) is 0 Å². The molecular formula is C11H13NO3. The van der Waals surface area contributed by atoms with Crippen molar-refractivity contribution in [1.82, 2.24) is 0 Å². The summed E-state index contributed by atoms with van der Waals surface area (Å²) >= 11 is 0. The van der Waals surface area contributed by atoms with Crippen molar-refractivity contribution in [3.05, 3.63) is 40.3 Å². The van der Waals surface area contributed by atoms with Gasteiger partial charge in [-0.05, 0) is 18.1 Å². The van der Waals surface area contributed by atoms with Crippen molar-refractivity contribution in [3.8, 4) is 0 Å². The van der Waals surface area contributed by atoms with Gasteiger partial charge in [-0.1, -0.05) is 29.4 Å². The maximum atomic E-state index is 11.2. The molecule has 0 heterocycles. The molecule has 80 valence electrons. The molecule has 1 aromatic rings. The number of nitrogens with zero attached hydrogens (tertiary/aromatic N) is 1. The second-order valence-corrected chi connectivity index (χ2v) is 3.04. The fourth-order valence-corrected chi connectivity index (χ4v) is 1.32. The topological polar surface area (TPSA) is 55.7 Å². The van der Waals surface area contributed by atoms with E-state index in [2.05, 4.69) is 5.18 Å². The Morgan fingerprint density at radius 1 is 1.33 bits per heavy atom. The van der Waals surface area contributed by atoms with Crippen LogP contribution in [0.15, 0.2) is 29.4 Å². The largest absolute Gasteiger partial charge is 0.466 e. The molecule has 0 amide bonds. The van der Waals surface area contributed by atoms with E-state index in [9.17, 15) is 9.70 Å². The highest BCUT2D eigenvalue weighted by Gasteiger charge is 2.07. The Bertz CT molecular complexity index is 349. The van der Waals surface area contributed by atoms with Gasteiger partial charge < -0.3 is 4.74 Å². The molecule has 0 unspecified atom stereocenters. The monoisotopic (exact) mass is 207 g/mol. The highest BCUT2D eigenvalue weighted by Crippen LogP contribution is 2.11. The molecule has 1 aromatic carbocycles. The van der Waals surface area contributed by atoms with Crippen LogP contribution in [-0.4, -0.2) is 12.6 Å². The zero-order valence-corrected chi connectivity index (χ0v) is 8.60. The molecule has 0 aliphatic rings. The van der Waals surface area contributed by atoms with Crippen LogP contribution in [0, 0.1) is 4.91 Å². The Morgan fingerprint density at radius 2 is 2.00 bits per heavy atom. The summed E-state index contributed by atoms with van der Waals surface area (Å²) in [4.78, 5) is 21.4. The lowest BCUT2D eigenvalue weighted by Gasteiger charge is -2.05. The lowest BCUT2D eigenvalue weighted by atomic mass is 10.1. The number of carbonyl (C=O) groups is 1. The minimum absolute atomic E-state index is 0.0928. The van der Waals surface area contributed by atoms with Gasteiger partial charge in [-0.3, -0.25) is 4.79 Å². The van der Waals surface area contributed by atoms with Gasteiger partial charge in [0.2, 0.25) is 0 Å². The summed E-state index contributed by atoms with van der Waals surface area (Å²) < 4.78 is 4.83. The summed E-state index contributed by atoms with van der Waals surface area (Å²) in [5, 5.41) is 2.82. The molecule has 0 aliphatic heterocycles. The normalized spacial score (nSPS) is 9.67. The van der Waals surface area contributed by atoms with E-state index >= 15 is 0 Å². The van der Waals surface area contributed by atoms with Gasteiger partial charge in [-0.15, -0.1) is 0 Å². The van der Waals surface area contributed by atoms with Gasteiger partial charge in [0.05, 0.1) is 13.0 Å². The summed E-state index contributed by atoms with van der Waals surface area (Å²) in [5.74, 6) is -0.282. The SMILES string of the molecule is CCOC(=O)Cc1ccccc1CN=O. The van der Waals surface area contributed by atoms with E-state index in [4.69, 9.17) is 4.74 Å². The third-order valence-electron chi connectivity index (χ3n) is 1.99. The average Bonchev–Trinajstić information content (AvgIpc) is 2.21. The smallest absolute Gasteiger partial charge is 0.310 e. The van der Waals surface area contributed by atoms with Crippen molar-refractivity contribution < 1.29 is 9.53 Å². The molecule has 1 rings (SSSR count). The number of nitroso groups, excluding NO2 is 1. The predicted molar refractivity (Wildman–Crippen MR) is 56.3 cm³/mol. The van der Waals surface area contributed by atoms with Crippen LogP contribution < -0.4 is 0 Å². The van der Waals surface area contributed by atoms with Crippen LogP contribution in [0.1, 0.15) is 18.1 Å². The summed E-state index contributed by atoms with van der Waals surface area (Å²) in [7, 11) is 0. The van der Waals surface area contributed by atoms with Gasteiger partial charge in [-0.2, -0.15) is 4.91 Å². The van der Waals surface area contributed by atoms with Gasteiger partial charge in [0.1, 0.15) is 6.54 Å². The first kappa shape index (κ1) is 11.4. The molecule has 0 saturated heterocycles. The predicted octanol–water partition coefficient (Wildman–Crippen LogP) is 2.06. The Labute approximate surface area is 88.2 Å². The molecule has 0 fully saturated rings. The summed E-state index contributed by atoms with van der Waals surface area (Å²) in [6, 6.07) is 7.23. The first-order valence-electron chi connectivity index (χ1n) is 4.79. The quantitative estimate of drug-likeness (QED) is 0.548. The lowest BCUT2D eigenvalue weighted by Crippen LogP contribution is -2.09. The average molecular weight is 207 g/mol. The van der Waals surface area contributed by atoms with Gasteiger partial charge >= 0.3 is 5.97 Å². The fraction of sp³-hybridized carbons (Fsp3) is 0.364. The van der Waals surface area contributed by atoms with Gasteiger partial charge in [0.25, 0.3) is 0 Å². The first-order chi connectivity index (χ1) is 7.27. The van der Waals surface area contributed by atoms with E-state index in [0.29, 0.717) is 6.61 Å². The maximum Gasteiger partial charge on any atom is 0.310 e. The van der Waals surface area contributed by atoms with E-state index in [1.54, 1.807) is 19.1 Å². The molecule has 0 saturated carbocycles. The Morgan fingerprint density at radius 3 is 2.60 bits per heavy atom. The second kappa shape index (κ2) is 5.90. The number of hydrogen-bond donors (Lipinski definition) is 0. The molecule has 0 bridgehead atoms. The fourth-order valence-electron chi connectivity index (χ4n) is 1.32. The number of ether oxygens (including phenoxy) is 1. The highest BCUT2D eigenvalue weighted by molar-refractivity contribution is 5.73. The molecule has 0 aliphatic carbocycles. The lowest BCUT2D eigenvalue weighted by molar-refractivity contribution is -0.142. The Balaban J connectivity index is 2.74. The van der Waals surface area contributed by atoms with Crippen LogP contribution in [0.5, 0.6) is 0 Å². The minimum Gasteiger partial charge on any atom is -0.466 e. The highest BCUT2D eigenvalue weighted by atomic mass is 16.5. The summed E-state index contributed by atoms with van der Waals surface area (Å²) in [6.07, 6.45) is 0.194. The standard InChI is InChI=1S/C11H13NO3/c1-2-15-11(13)7-9-5-3-4-6-10(9)8-12-14/h3-6H,2,7-8H2,1H3. The van der Waals surface area contributed by atoms with E-state index in [-0.39, 0.29) is 18.9 Å². The summed E-state index contributed by atoms with van der Waals surface area (Å²) in [6.45, 7) is 2.22. The van der Waals surface area contributed by atoms with E-state index in [1.807, 2.05) is 12.1 Å². The number of rotatable bonds is 5. The van der Waals surface area contributed by atoms with E-state index in [1.165, 1.54) is 0 Å². The number of esters is 1. The Hall–Kier alpha value is -1.71. The van der Waals surface area contributed by atoms with Crippen LogP contribution in [0.25, 0.3) is 0 Å². The molecule has 0 aromatic heterocycles. The second-order valence-electron chi connectivity index (χ2n) is 3.04. The van der Waals surface area contributed by atoms with Crippen molar-refractivity contribution in [3.63, 3.8) is 0 Å². The van der Waals surface area contributed by atoms with Crippen LogP contribution in [0.4, 0.5) is 0 Å². The molecule has 4 heteroatoms. The van der Waals surface area contributed by atoms with Crippen molar-refractivity contribution in [1.29, 1.82) is 0 Å². The third kappa shape index (κ3) is 3.50. The third-order valence-corrected chi connectivity index (χ3v) is 1.99. The molecular weight excluding hydrogens is 194 g/mol. The molecule has 0 atom stereocenters. The number of benzene rings is 1. The van der Waals surface area contributed by atoms with Crippen molar-refractivity contribution in [2.24, 2.45) is 5.18 Å². The van der Waals surface area contributed by atoms with Crippen LogP contribution >= 0.6 is 0 Å². The van der Waals surface area contributed by atoms with Gasteiger partial charge in [0.15, 0.2) is 0 Å². The molecule has 0 radical (unpaired) electrons. The van der Waals surface area contributed by atoms with Crippen LogP contribution in [0.3, 0.4) is 0 Å². The number of hydrogen-bond acceptors (Lipinski definition) is 4. The van der Waals surface area contributed by atoms with Crippen LogP contribution in [-0.2, 0) is 22.5 Å². The maximum absolute atomic E-state index is 11.2. The zero-order chi connectivity index (χ0) is 11.1. The molecule has 0 spiro atoms. The van der Waals surface area contributed by atoms with Crippen LogP contribution in [0.2, 0.25) is 0 Å². The van der Waals surface area contributed by atoms with Crippen molar-refractivity contribution in [2.45, 2.75) is 19.9 Å².